The minimum Gasteiger partial charge on any atom is -0.392 e. The molecule has 1 heterocycles. The summed E-state index contributed by atoms with van der Waals surface area (Å²) in [5.74, 6) is -0.0289. The number of nitrogens with one attached hydrogen (secondary N) is 1. The highest BCUT2D eigenvalue weighted by atomic mass is 16.3. The molecule has 1 aromatic rings. The van der Waals surface area contributed by atoms with Gasteiger partial charge in [-0.05, 0) is 25.5 Å². The molecule has 1 amide bonds. The average Bonchev–Trinajstić information content (AvgIpc) is 2.15. The molecule has 86 valence electrons. The number of amides is 1. The van der Waals surface area contributed by atoms with Crippen LogP contribution in [-0.4, -0.2) is 30.2 Å². The van der Waals surface area contributed by atoms with Crippen LogP contribution in [0.2, 0.25) is 0 Å². The van der Waals surface area contributed by atoms with E-state index in [0.29, 0.717) is 13.1 Å². The van der Waals surface area contributed by atoms with Gasteiger partial charge in [-0.15, -0.1) is 0 Å². The summed E-state index contributed by atoms with van der Waals surface area (Å²) in [5, 5.41) is 12.3. The van der Waals surface area contributed by atoms with Crippen molar-refractivity contribution < 1.29 is 9.90 Å². The third kappa shape index (κ3) is 2.02. The second-order valence-electron chi connectivity index (χ2n) is 4.25. The quantitative estimate of drug-likeness (QED) is 0.785. The fourth-order valence-electron chi connectivity index (χ4n) is 2.10. The van der Waals surface area contributed by atoms with Gasteiger partial charge in [0.1, 0.15) is 0 Å². The molecule has 0 aromatic heterocycles. The van der Waals surface area contributed by atoms with Crippen molar-refractivity contribution >= 4 is 17.3 Å². The minimum absolute atomic E-state index is 0.0289. The Morgan fingerprint density at radius 1 is 1.56 bits per heavy atom. The van der Waals surface area contributed by atoms with Crippen LogP contribution in [0.4, 0.5) is 11.4 Å². The molecule has 1 aliphatic rings. The van der Waals surface area contributed by atoms with Gasteiger partial charge in [0.2, 0.25) is 5.91 Å². The van der Waals surface area contributed by atoms with Crippen LogP contribution < -0.4 is 10.2 Å². The lowest BCUT2D eigenvalue weighted by atomic mass is 10.1. The summed E-state index contributed by atoms with van der Waals surface area (Å²) in [6.45, 7) is 4.52. The van der Waals surface area contributed by atoms with Crippen LogP contribution in [0.25, 0.3) is 0 Å². The summed E-state index contributed by atoms with van der Waals surface area (Å²) in [6, 6.07) is 5.81. The molecule has 4 heteroatoms. The zero-order valence-electron chi connectivity index (χ0n) is 9.53. The Labute approximate surface area is 94.9 Å². The van der Waals surface area contributed by atoms with Gasteiger partial charge >= 0.3 is 0 Å². The lowest BCUT2D eigenvalue weighted by Crippen LogP contribution is -2.42. The Morgan fingerprint density at radius 3 is 3.00 bits per heavy atom. The van der Waals surface area contributed by atoms with Crippen LogP contribution in [0.15, 0.2) is 18.2 Å². The van der Waals surface area contributed by atoms with E-state index >= 15 is 0 Å². The summed E-state index contributed by atoms with van der Waals surface area (Å²) >= 11 is 0. The SMILES string of the molecule is Cc1cccc2c1N(CC(C)O)CC(=O)N2. The number of fused-ring (bicyclic) bond motifs is 1. The number of carbonyl (C=O) groups excluding carboxylic acids is 1. The van der Waals surface area contributed by atoms with E-state index < -0.39 is 6.10 Å². The molecule has 0 aliphatic carbocycles. The number of hydrogen-bond donors (Lipinski definition) is 2. The largest absolute Gasteiger partial charge is 0.392 e. The molecule has 1 atom stereocenters. The molecular weight excluding hydrogens is 204 g/mol. The van der Waals surface area contributed by atoms with Crippen molar-refractivity contribution in [1.29, 1.82) is 0 Å². The Kier molecular flexibility index (Phi) is 2.83. The molecule has 16 heavy (non-hydrogen) atoms. The first-order valence-electron chi connectivity index (χ1n) is 5.40. The maximum Gasteiger partial charge on any atom is 0.243 e. The Hall–Kier alpha value is -1.55. The Balaban J connectivity index is 2.39. The molecule has 0 spiro atoms. The number of carbonyl (C=O) groups is 1. The number of hydrogen-bond acceptors (Lipinski definition) is 3. The van der Waals surface area contributed by atoms with E-state index in [2.05, 4.69) is 5.32 Å². The number of rotatable bonds is 2. The van der Waals surface area contributed by atoms with E-state index in [1.54, 1.807) is 6.92 Å². The second kappa shape index (κ2) is 4.14. The minimum atomic E-state index is -0.446. The van der Waals surface area contributed by atoms with E-state index in [-0.39, 0.29) is 5.91 Å². The molecule has 1 unspecified atom stereocenters. The molecule has 2 N–H and O–H groups in total. The first-order chi connectivity index (χ1) is 7.58. The smallest absolute Gasteiger partial charge is 0.243 e. The van der Waals surface area contributed by atoms with E-state index in [1.807, 2.05) is 30.0 Å². The Bertz CT molecular complexity index is 415. The standard InChI is InChI=1S/C12H16N2O2/c1-8-4-3-5-10-12(8)14(6-9(2)15)7-11(16)13-10/h3-5,9,15H,6-7H2,1-2H3,(H,13,16). The maximum absolute atomic E-state index is 11.5. The van der Waals surface area contributed by atoms with Gasteiger partial charge < -0.3 is 15.3 Å². The van der Waals surface area contributed by atoms with Gasteiger partial charge in [0.05, 0.1) is 24.0 Å². The second-order valence-corrected chi connectivity index (χ2v) is 4.25. The van der Waals surface area contributed by atoms with Crippen LogP contribution in [0.5, 0.6) is 0 Å². The maximum atomic E-state index is 11.5. The summed E-state index contributed by atoms with van der Waals surface area (Å²) < 4.78 is 0. The first-order valence-corrected chi connectivity index (χ1v) is 5.40. The lowest BCUT2D eigenvalue weighted by molar-refractivity contribution is -0.115. The van der Waals surface area contributed by atoms with Crippen LogP contribution in [0.3, 0.4) is 0 Å². The predicted octanol–water partition coefficient (Wildman–Crippen LogP) is 1.13. The molecule has 0 fully saturated rings. The van der Waals surface area contributed by atoms with Crippen molar-refractivity contribution in [3.05, 3.63) is 23.8 Å². The van der Waals surface area contributed by atoms with Crippen molar-refractivity contribution in [2.24, 2.45) is 0 Å². The first kappa shape index (κ1) is 11.0. The summed E-state index contributed by atoms with van der Waals surface area (Å²) in [6.07, 6.45) is -0.446. The lowest BCUT2D eigenvalue weighted by Gasteiger charge is -2.33. The van der Waals surface area contributed by atoms with Crippen molar-refractivity contribution in [3.8, 4) is 0 Å². The zero-order valence-corrected chi connectivity index (χ0v) is 9.53. The van der Waals surface area contributed by atoms with E-state index in [9.17, 15) is 9.90 Å². The van der Waals surface area contributed by atoms with Gasteiger partial charge in [-0.2, -0.15) is 0 Å². The number of aliphatic hydroxyl groups excluding tert-OH is 1. The van der Waals surface area contributed by atoms with Crippen molar-refractivity contribution in [2.75, 3.05) is 23.3 Å². The highest BCUT2D eigenvalue weighted by Gasteiger charge is 2.23. The fraction of sp³-hybridized carbons (Fsp3) is 0.417. The van der Waals surface area contributed by atoms with Gasteiger partial charge in [0, 0.05) is 6.54 Å². The van der Waals surface area contributed by atoms with Gasteiger partial charge in [0.25, 0.3) is 0 Å². The predicted molar refractivity (Wildman–Crippen MR) is 63.7 cm³/mol. The molecule has 0 saturated carbocycles. The monoisotopic (exact) mass is 220 g/mol. The summed E-state index contributed by atoms with van der Waals surface area (Å²) in [4.78, 5) is 13.4. The zero-order chi connectivity index (χ0) is 11.7. The number of aliphatic hydroxyl groups is 1. The van der Waals surface area contributed by atoms with E-state index in [0.717, 1.165) is 16.9 Å². The number of benzene rings is 1. The number of β-amino-alcohol motifs (C(OH)–C–C–N with tert-alkyl or cyclic N) is 1. The molecule has 1 aliphatic heterocycles. The molecule has 1 aromatic carbocycles. The molecule has 4 nitrogen and oxygen atoms in total. The molecule has 0 saturated heterocycles. The van der Waals surface area contributed by atoms with Gasteiger partial charge in [-0.3, -0.25) is 4.79 Å². The van der Waals surface area contributed by atoms with Crippen LogP contribution >= 0.6 is 0 Å². The number of anilines is 2. The third-order valence-electron chi connectivity index (χ3n) is 2.65. The fourth-order valence-corrected chi connectivity index (χ4v) is 2.10. The van der Waals surface area contributed by atoms with Gasteiger partial charge in [0.15, 0.2) is 0 Å². The average molecular weight is 220 g/mol. The normalized spacial score (nSPS) is 16.7. The van der Waals surface area contributed by atoms with E-state index in [4.69, 9.17) is 0 Å². The van der Waals surface area contributed by atoms with Crippen LogP contribution in [0.1, 0.15) is 12.5 Å². The summed E-state index contributed by atoms with van der Waals surface area (Å²) in [5.41, 5.74) is 2.96. The molecule has 0 bridgehead atoms. The molecule has 0 radical (unpaired) electrons. The number of aryl methyl sites for hydroxylation is 1. The number of para-hydroxylation sites is 1. The van der Waals surface area contributed by atoms with Crippen molar-refractivity contribution in [1.82, 2.24) is 0 Å². The topological polar surface area (TPSA) is 52.6 Å². The Morgan fingerprint density at radius 2 is 2.31 bits per heavy atom. The van der Waals surface area contributed by atoms with Crippen LogP contribution in [-0.2, 0) is 4.79 Å². The van der Waals surface area contributed by atoms with Crippen molar-refractivity contribution in [3.63, 3.8) is 0 Å². The third-order valence-corrected chi connectivity index (χ3v) is 2.65. The number of nitrogens with zero attached hydrogens (tertiary/aromatic N) is 1. The molecule has 2 rings (SSSR count). The van der Waals surface area contributed by atoms with Crippen LogP contribution in [0, 0.1) is 6.92 Å². The highest BCUT2D eigenvalue weighted by molar-refractivity contribution is 6.01. The van der Waals surface area contributed by atoms with E-state index in [1.165, 1.54) is 0 Å². The van der Waals surface area contributed by atoms with Gasteiger partial charge in [-0.25, -0.2) is 0 Å². The van der Waals surface area contributed by atoms with Crippen molar-refractivity contribution in [2.45, 2.75) is 20.0 Å². The van der Waals surface area contributed by atoms with Gasteiger partial charge in [-0.1, -0.05) is 12.1 Å². The summed E-state index contributed by atoms with van der Waals surface area (Å²) in [7, 11) is 0. The molecular formula is C12H16N2O2. The highest BCUT2D eigenvalue weighted by Crippen LogP contribution is 2.32.